The molecule has 1 heterocycles. The number of aromatic nitrogens is 1. The highest BCUT2D eigenvalue weighted by Crippen LogP contribution is 2.15. The Morgan fingerprint density at radius 2 is 1.90 bits per heavy atom. The molecule has 0 aliphatic heterocycles. The van der Waals surface area contributed by atoms with Crippen LogP contribution in [0, 0.1) is 6.92 Å². The number of nitrogens with zero attached hydrogens (tertiary/aromatic N) is 1. The third kappa shape index (κ3) is 4.50. The molecule has 20 heavy (non-hydrogen) atoms. The van der Waals surface area contributed by atoms with Crippen molar-refractivity contribution in [1.82, 2.24) is 4.98 Å². The number of rotatable bonds is 6. The smallest absolute Gasteiger partial charge is 0.130 e. The molecule has 0 saturated carbocycles. The summed E-state index contributed by atoms with van der Waals surface area (Å²) in [7, 11) is 0. The summed E-state index contributed by atoms with van der Waals surface area (Å²) in [5.41, 5.74) is 3.35. The van der Waals surface area contributed by atoms with Crippen molar-refractivity contribution in [2.75, 3.05) is 0 Å². The molecule has 0 amide bonds. The van der Waals surface area contributed by atoms with E-state index in [9.17, 15) is 4.79 Å². The summed E-state index contributed by atoms with van der Waals surface area (Å²) in [6, 6.07) is 9.96. The Morgan fingerprint density at radius 1 is 1.15 bits per heavy atom. The number of benzene rings is 1. The van der Waals surface area contributed by atoms with Gasteiger partial charge >= 0.3 is 0 Å². The number of Topliss-reactive ketones (excluding diaryl/α,β-unsaturated/α-hetero) is 1. The van der Waals surface area contributed by atoms with Crippen LogP contribution in [0.2, 0.25) is 0 Å². The van der Waals surface area contributed by atoms with E-state index in [1.807, 2.05) is 43.6 Å². The molecule has 0 unspecified atom stereocenters. The van der Waals surface area contributed by atoms with E-state index in [2.05, 4.69) is 11.1 Å². The van der Waals surface area contributed by atoms with Crippen LogP contribution < -0.4 is 4.74 Å². The molecule has 0 fully saturated rings. The monoisotopic (exact) mass is 269 g/mol. The Balaban J connectivity index is 1.89. The molecule has 0 N–H and O–H groups in total. The summed E-state index contributed by atoms with van der Waals surface area (Å²) in [5.74, 6) is 1.05. The molecule has 0 bridgehead atoms. The first-order valence-corrected chi connectivity index (χ1v) is 6.75. The highest BCUT2D eigenvalue weighted by Gasteiger charge is 2.00. The summed E-state index contributed by atoms with van der Waals surface area (Å²) in [6.45, 7) is 4.15. The average Bonchev–Trinajstić information content (AvgIpc) is 2.44. The largest absolute Gasteiger partial charge is 0.489 e. The summed E-state index contributed by atoms with van der Waals surface area (Å²) in [5, 5.41) is 0. The molecular formula is C17H19NO2. The van der Waals surface area contributed by atoms with Gasteiger partial charge in [0.2, 0.25) is 0 Å². The Kier molecular flexibility index (Phi) is 4.88. The Bertz CT molecular complexity index is 576. The topological polar surface area (TPSA) is 39.2 Å². The predicted octanol–water partition coefficient (Wildman–Crippen LogP) is 3.49. The van der Waals surface area contributed by atoms with Crippen LogP contribution in [0.25, 0.3) is 0 Å². The van der Waals surface area contributed by atoms with Crippen molar-refractivity contribution < 1.29 is 9.53 Å². The van der Waals surface area contributed by atoms with E-state index in [1.54, 1.807) is 6.92 Å². The minimum absolute atomic E-state index is 0.220. The zero-order valence-electron chi connectivity index (χ0n) is 11.9. The molecule has 1 aromatic carbocycles. The number of aryl methyl sites for hydroxylation is 2. The van der Waals surface area contributed by atoms with Gasteiger partial charge in [-0.25, -0.2) is 0 Å². The number of ketones is 1. The van der Waals surface area contributed by atoms with Crippen LogP contribution in [0.5, 0.6) is 5.75 Å². The zero-order chi connectivity index (χ0) is 14.4. The van der Waals surface area contributed by atoms with Crippen LogP contribution in [0.15, 0.2) is 42.7 Å². The van der Waals surface area contributed by atoms with Gasteiger partial charge in [0.25, 0.3) is 0 Å². The second kappa shape index (κ2) is 6.85. The number of pyridine rings is 1. The molecule has 0 radical (unpaired) electrons. The third-order valence-corrected chi connectivity index (χ3v) is 3.03. The molecule has 3 heteroatoms. The third-order valence-electron chi connectivity index (χ3n) is 3.03. The fraction of sp³-hybridized carbons (Fsp3) is 0.294. The minimum Gasteiger partial charge on any atom is -0.489 e. The maximum Gasteiger partial charge on any atom is 0.130 e. The molecule has 0 spiro atoms. The standard InChI is InChI=1S/C17H19NO2/c1-13-9-16(11-18-10-13)12-20-17-7-5-15(6-8-17)4-3-14(2)19/h5-11H,3-4,12H2,1-2H3. The Hall–Kier alpha value is -2.16. The van der Waals surface area contributed by atoms with Crippen molar-refractivity contribution in [3.05, 3.63) is 59.4 Å². The molecule has 0 atom stereocenters. The van der Waals surface area contributed by atoms with E-state index in [4.69, 9.17) is 4.74 Å². The Morgan fingerprint density at radius 3 is 2.55 bits per heavy atom. The summed E-state index contributed by atoms with van der Waals surface area (Å²) < 4.78 is 5.72. The van der Waals surface area contributed by atoms with E-state index in [1.165, 1.54) is 0 Å². The molecular weight excluding hydrogens is 250 g/mol. The van der Waals surface area contributed by atoms with Crippen LogP contribution in [0.3, 0.4) is 0 Å². The van der Waals surface area contributed by atoms with Gasteiger partial charge in [-0.05, 0) is 49.6 Å². The van der Waals surface area contributed by atoms with Crippen LogP contribution in [0.4, 0.5) is 0 Å². The fourth-order valence-electron chi connectivity index (χ4n) is 1.94. The lowest BCUT2D eigenvalue weighted by atomic mass is 10.1. The SMILES string of the molecule is CC(=O)CCc1ccc(OCc2cncc(C)c2)cc1. The van der Waals surface area contributed by atoms with Crippen LogP contribution in [-0.2, 0) is 17.8 Å². The van der Waals surface area contributed by atoms with Crippen molar-refractivity contribution in [3.63, 3.8) is 0 Å². The minimum atomic E-state index is 0.220. The summed E-state index contributed by atoms with van der Waals surface area (Å²) >= 11 is 0. The molecule has 2 aromatic rings. The maximum atomic E-state index is 10.9. The van der Waals surface area contributed by atoms with Gasteiger partial charge in [-0.2, -0.15) is 0 Å². The molecule has 0 aliphatic rings. The van der Waals surface area contributed by atoms with Crippen molar-refractivity contribution in [2.45, 2.75) is 33.3 Å². The van der Waals surface area contributed by atoms with Gasteiger partial charge in [0.05, 0.1) is 0 Å². The number of carbonyl (C=O) groups is 1. The van der Waals surface area contributed by atoms with Crippen molar-refractivity contribution >= 4 is 5.78 Å². The highest BCUT2D eigenvalue weighted by molar-refractivity contribution is 5.75. The zero-order valence-corrected chi connectivity index (χ0v) is 11.9. The quantitative estimate of drug-likeness (QED) is 0.805. The molecule has 0 saturated heterocycles. The van der Waals surface area contributed by atoms with Crippen molar-refractivity contribution in [3.8, 4) is 5.75 Å². The van der Waals surface area contributed by atoms with E-state index in [-0.39, 0.29) is 5.78 Å². The maximum absolute atomic E-state index is 10.9. The molecule has 0 aliphatic carbocycles. The van der Waals surface area contributed by atoms with Gasteiger partial charge in [-0.3, -0.25) is 4.98 Å². The number of carbonyl (C=O) groups excluding carboxylic acids is 1. The van der Waals surface area contributed by atoms with Crippen LogP contribution in [-0.4, -0.2) is 10.8 Å². The molecule has 1 aromatic heterocycles. The second-order valence-electron chi connectivity index (χ2n) is 5.01. The molecule has 2 rings (SSSR count). The van der Waals surface area contributed by atoms with Gasteiger partial charge < -0.3 is 9.53 Å². The summed E-state index contributed by atoms with van der Waals surface area (Å²) in [4.78, 5) is 15.1. The first-order chi connectivity index (χ1) is 9.63. The van der Waals surface area contributed by atoms with Crippen molar-refractivity contribution in [2.24, 2.45) is 0 Å². The highest BCUT2D eigenvalue weighted by atomic mass is 16.5. The van der Waals surface area contributed by atoms with Gasteiger partial charge in [0.15, 0.2) is 0 Å². The average molecular weight is 269 g/mol. The van der Waals surface area contributed by atoms with E-state index in [0.717, 1.165) is 28.9 Å². The van der Waals surface area contributed by atoms with Crippen LogP contribution in [0.1, 0.15) is 30.0 Å². The van der Waals surface area contributed by atoms with Gasteiger partial charge in [0, 0.05) is 24.4 Å². The lowest BCUT2D eigenvalue weighted by molar-refractivity contribution is -0.116. The first kappa shape index (κ1) is 14.3. The van der Waals surface area contributed by atoms with E-state index < -0.39 is 0 Å². The lowest BCUT2D eigenvalue weighted by Gasteiger charge is -2.07. The molecule has 3 nitrogen and oxygen atoms in total. The molecule has 104 valence electrons. The first-order valence-electron chi connectivity index (χ1n) is 6.75. The normalized spacial score (nSPS) is 10.3. The fourth-order valence-corrected chi connectivity index (χ4v) is 1.94. The predicted molar refractivity (Wildman–Crippen MR) is 78.8 cm³/mol. The van der Waals surface area contributed by atoms with Gasteiger partial charge in [0.1, 0.15) is 18.1 Å². The van der Waals surface area contributed by atoms with Gasteiger partial charge in [-0.15, -0.1) is 0 Å². The lowest BCUT2D eigenvalue weighted by Crippen LogP contribution is -1.97. The number of hydrogen-bond acceptors (Lipinski definition) is 3. The van der Waals surface area contributed by atoms with Gasteiger partial charge in [-0.1, -0.05) is 12.1 Å². The number of ether oxygens (including phenoxy) is 1. The van der Waals surface area contributed by atoms with Crippen LogP contribution >= 0.6 is 0 Å². The summed E-state index contributed by atoms with van der Waals surface area (Å²) in [6.07, 6.45) is 5.02. The second-order valence-corrected chi connectivity index (χ2v) is 5.01. The number of hydrogen-bond donors (Lipinski definition) is 0. The van der Waals surface area contributed by atoms with E-state index >= 15 is 0 Å². The van der Waals surface area contributed by atoms with E-state index in [0.29, 0.717) is 13.0 Å². The van der Waals surface area contributed by atoms with Crippen molar-refractivity contribution in [1.29, 1.82) is 0 Å². The Labute approximate surface area is 119 Å².